The molecule has 0 aliphatic carbocycles. The van der Waals surface area contributed by atoms with E-state index >= 15 is 0 Å². The number of methoxy groups -OCH3 is 1. The first-order chi connectivity index (χ1) is 14.9. The Bertz CT molecular complexity index is 1240. The first-order valence-electron chi connectivity index (χ1n) is 9.77. The number of ether oxygens (including phenoxy) is 1. The minimum absolute atomic E-state index is 0.224. The van der Waals surface area contributed by atoms with Crippen LogP contribution in [-0.4, -0.2) is 33.4 Å². The van der Waals surface area contributed by atoms with Crippen LogP contribution in [0.3, 0.4) is 0 Å². The molecule has 0 saturated carbocycles. The fourth-order valence-electron chi connectivity index (χ4n) is 3.17. The van der Waals surface area contributed by atoms with Gasteiger partial charge in [-0.15, -0.1) is 5.10 Å². The number of nitrogen functional groups attached to an aromatic ring is 1. The Hall–Kier alpha value is -3.75. The third kappa shape index (κ3) is 3.98. The van der Waals surface area contributed by atoms with Crippen LogP contribution in [0.4, 0.5) is 20.5 Å². The zero-order valence-electron chi connectivity index (χ0n) is 17.4. The summed E-state index contributed by atoms with van der Waals surface area (Å²) in [6.45, 7) is 4.73. The van der Waals surface area contributed by atoms with E-state index in [0.717, 1.165) is 0 Å². The van der Waals surface area contributed by atoms with Crippen molar-refractivity contribution in [2.45, 2.75) is 13.8 Å². The van der Waals surface area contributed by atoms with E-state index in [9.17, 15) is 8.78 Å². The fraction of sp³-hybridized carbons (Fsp3) is 0.227. The molecule has 0 amide bonds. The van der Waals surface area contributed by atoms with Gasteiger partial charge in [0.15, 0.2) is 5.65 Å². The maximum absolute atomic E-state index is 14.9. The molecule has 2 aromatic heterocycles. The lowest BCUT2D eigenvalue weighted by molar-refractivity contribution is 0.411. The summed E-state index contributed by atoms with van der Waals surface area (Å²) in [6.07, 6.45) is 0. The summed E-state index contributed by atoms with van der Waals surface area (Å²) in [7, 11) is 1.47. The average Bonchev–Trinajstić information content (AvgIpc) is 3.08. The molecule has 0 radical (unpaired) electrons. The molecular weight excluding hydrogens is 402 g/mol. The van der Waals surface area contributed by atoms with Crippen molar-refractivity contribution in [2.75, 3.05) is 24.7 Å². The number of rotatable bonds is 6. The van der Waals surface area contributed by atoms with E-state index in [-0.39, 0.29) is 17.2 Å². The molecule has 3 N–H and O–H groups in total. The fourth-order valence-corrected chi connectivity index (χ4v) is 3.17. The van der Waals surface area contributed by atoms with Gasteiger partial charge >= 0.3 is 0 Å². The van der Waals surface area contributed by atoms with Crippen LogP contribution in [0.15, 0.2) is 42.5 Å². The van der Waals surface area contributed by atoms with Crippen molar-refractivity contribution >= 4 is 22.8 Å². The van der Waals surface area contributed by atoms with E-state index < -0.39 is 5.82 Å². The van der Waals surface area contributed by atoms with Crippen molar-refractivity contribution in [3.63, 3.8) is 0 Å². The molecule has 160 valence electrons. The van der Waals surface area contributed by atoms with Crippen LogP contribution in [0.25, 0.3) is 28.0 Å². The monoisotopic (exact) mass is 424 g/mol. The molecule has 0 aliphatic rings. The van der Waals surface area contributed by atoms with Gasteiger partial charge < -0.3 is 15.8 Å². The maximum atomic E-state index is 14.9. The quantitative estimate of drug-likeness (QED) is 0.476. The van der Waals surface area contributed by atoms with Gasteiger partial charge in [0.05, 0.1) is 23.9 Å². The SMILES string of the molecule is COc1ccc(-c2nc(NCC(C)C)nc3nn(-c4ccc(F)cc4)c(N)c23)c(F)c1. The van der Waals surface area contributed by atoms with Crippen molar-refractivity contribution in [1.29, 1.82) is 0 Å². The van der Waals surface area contributed by atoms with Crippen LogP contribution in [0, 0.1) is 17.6 Å². The molecule has 0 unspecified atom stereocenters. The van der Waals surface area contributed by atoms with Crippen molar-refractivity contribution in [3.05, 3.63) is 54.1 Å². The van der Waals surface area contributed by atoms with E-state index in [4.69, 9.17) is 10.5 Å². The van der Waals surface area contributed by atoms with Gasteiger partial charge in [0.2, 0.25) is 5.95 Å². The number of hydrogen-bond donors (Lipinski definition) is 2. The van der Waals surface area contributed by atoms with Crippen molar-refractivity contribution < 1.29 is 13.5 Å². The molecule has 0 aliphatic heterocycles. The Balaban J connectivity index is 1.94. The Kier molecular flexibility index (Phi) is 5.41. The lowest BCUT2D eigenvalue weighted by atomic mass is 10.1. The van der Waals surface area contributed by atoms with Crippen molar-refractivity contribution in [3.8, 4) is 22.7 Å². The number of hydrogen-bond acceptors (Lipinski definition) is 6. The Morgan fingerprint density at radius 2 is 1.84 bits per heavy atom. The summed E-state index contributed by atoms with van der Waals surface area (Å²) in [6, 6.07) is 10.2. The summed E-state index contributed by atoms with van der Waals surface area (Å²) in [5.41, 5.74) is 7.78. The molecule has 2 heterocycles. The molecule has 4 rings (SSSR count). The first kappa shape index (κ1) is 20.5. The molecule has 4 aromatic rings. The van der Waals surface area contributed by atoms with Crippen molar-refractivity contribution in [2.24, 2.45) is 5.92 Å². The lowest BCUT2D eigenvalue weighted by Crippen LogP contribution is -2.11. The molecular formula is C22H22F2N6O. The molecule has 31 heavy (non-hydrogen) atoms. The molecule has 0 bridgehead atoms. The van der Waals surface area contributed by atoms with E-state index in [1.54, 1.807) is 24.3 Å². The molecule has 9 heteroatoms. The van der Waals surface area contributed by atoms with Crippen LogP contribution < -0.4 is 15.8 Å². The molecule has 7 nitrogen and oxygen atoms in total. The van der Waals surface area contributed by atoms with Gasteiger partial charge in [-0.3, -0.25) is 0 Å². The Labute approximate surface area is 177 Å². The number of aromatic nitrogens is 4. The van der Waals surface area contributed by atoms with Gasteiger partial charge in [0.1, 0.15) is 23.2 Å². The second-order valence-electron chi connectivity index (χ2n) is 7.49. The van der Waals surface area contributed by atoms with E-state index in [1.165, 1.54) is 30.0 Å². The molecule has 0 fully saturated rings. The van der Waals surface area contributed by atoms with Crippen molar-refractivity contribution in [1.82, 2.24) is 19.7 Å². The number of benzene rings is 2. The highest BCUT2D eigenvalue weighted by Gasteiger charge is 2.21. The number of halogens is 2. The number of anilines is 2. The van der Waals surface area contributed by atoms with Gasteiger partial charge in [-0.2, -0.15) is 4.98 Å². The van der Waals surface area contributed by atoms with Gasteiger partial charge in [-0.1, -0.05) is 13.8 Å². The Morgan fingerprint density at radius 1 is 1.10 bits per heavy atom. The van der Waals surface area contributed by atoms with Gasteiger partial charge in [0, 0.05) is 18.2 Å². The predicted octanol–water partition coefficient (Wildman–Crippen LogP) is 4.42. The zero-order valence-corrected chi connectivity index (χ0v) is 17.4. The highest BCUT2D eigenvalue weighted by molar-refractivity contribution is 5.99. The average molecular weight is 424 g/mol. The highest BCUT2D eigenvalue weighted by atomic mass is 19.1. The van der Waals surface area contributed by atoms with E-state index in [1.807, 2.05) is 0 Å². The minimum Gasteiger partial charge on any atom is -0.497 e. The minimum atomic E-state index is -0.511. The molecule has 0 spiro atoms. The standard InChI is InChI=1S/C22H22F2N6O/c1-12(2)11-26-22-27-19(16-9-8-15(31-3)10-17(16)24)18-20(25)30(29-21(18)28-22)14-6-4-13(23)5-7-14/h4-10,12H,11,25H2,1-3H3,(H,26,28,29). The smallest absolute Gasteiger partial charge is 0.225 e. The van der Waals surface area contributed by atoms with E-state index in [0.29, 0.717) is 46.6 Å². The van der Waals surface area contributed by atoms with Crippen LogP contribution in [-0.2, 0) is 0 Å². The topological polar surface area (TPSA) is 90.9 Å². The molecule has 0 saturated heterocycles. The van der Waals surface area contributed by atoms with Gasteiger partial charge in [-0.05, 0) is 42.3 Å². The van der Waals surface area contributed by atoms with Crippen LogP contribution in [0.2, 0.25) is 0 Å². The molecule has 0 atom stereocenters. The lowest BCUT2D eigenvalue weighted by Gasteiger charge is -2.11. The summed E-state index contributed by atoms with van der Waals surface area (Å²) >= 11 is 0. The van der Waals surface area contributed by atoms with E-state index in [2.05, 4.69) is 34.2 Å². The predicted molar refractivity (Wildman–Crippen MR) is 116 cm³/mol. The van der Waals surface area contributed by atoms with Gasteiger partial charge in [-0.25, -0.2) is 18.4 Å². The summed E-state index contributed by atoms with van der Waals surface area (Å²) in [5.74, 6) is 0.391. The third-order valence-corrected chi connectivity index (χ3v) is 4.74. The number of fused-ring (bicyclic) bond motifs is 1. The van der Waals surface area contributed by atoms with Crippen LogP contribution in [0.1, 0.15) is 13.8 Å². The van der Waals surface area contributed by atoms with Crippen LogP contribution >= 0.6 is 0 Å². The third-order valence-electron chi connectivity index (χ3n) is 4.74. The zero-order chi connectivity index (χ0) is 22.1. The molecule has 2 aromatic carbocycles. The highest BCUT2D eigenvalue weighted by Crippen LogP contribution is 2.35. The summed E-state index contributed by atoms with van der Waals surface area (Å²) in [4.78, 5) is 9.01. The van der Waals surface area contributed by atoms with Crippen LogP contribution in [0.5, 0.6) is 5.75 Å². The van der Waals surface area contributed by atoms with Gasteiger partial charge in [0.25, 0.3) is 0 Å². The second-order valence-corrected chi connectivity index (χ2v) is 7.49. The summed E-state index contributed by atoms with van der Waals surface area (Å²) < 4.78 is 34.8. The second kappa shape index (κ2) is 8.17. The number of nitrogens with zero attached hydrogens (tertiary/aromatic N) is 4. The maximum Gasteiger partial charge on any atom is 0.225 e. The first-order valence-corrected chi connectivity index (χ1v) is 9.77. The Morgan fingerprint density at radius 3 is 2.48 bits per heavy atom. The number of nitrogens with two attached hydrogens (primary N) is 1. The number of nitrogens with one attached hydrogen (secondary N) is 1. The summed E-state index contributed by atoms with van der Waals surface area (Å²) in [5, 5.41) is 8.04. The normalized spacial score (nSPS) is 11.3. The largest absolute Gasteiger partial charge is 0.497 e.